The average molecular weight is 346 g/mol. The lowest BCUT2D eigenvalue weighted by atomic mass is 9.82. The quantitative estimate of drug-likeness (QED) is 0.779. The summed E-state index contributed by atoms with van der Waals surface area (Å²) in [6.07, 6.45) is 6.06. The third-order valence-corrected chi connectivity index (χ3v) is 5.50. The van der Waals surface area contributed by atoms with Crippen LogP contribution in [-0.2, 0) is 22.6 Å². The summed E-state index contributed by atoms with van der Waals surface area (Å²) in [5, 5.41) is 0. The Bertz CT molecular complexity index is 715. The maximum absolute atomic E-state index is 13.1. The van der Waals surface area contributed by atoms with Crippen LogP contribution in [0.15, 0.2) is 18.3 Å². The molecule has 0 spiro atoms. The highest BCUT2D eigenvalue weighted by atomic mass is 19.1. The van der Waals surface area contributed by atoms with E-state index in [0.717, 1.165) is 11.5 Å². The van der Waals surface area contributed by atoms with Crippen molar-refractivity contribution in [1.29, 1.82) is 0 Å². The summed E-state index contributed by atoms with van der Waals surface area (Å²) in [7, 11) is 0. The molecule has 0 saturated heterocycles. The lowest BCUT2D eigenvalue weighted by molar-refractivity contribution is -0.144. The molecule has 0 aromatic carbocycles. The van der Waals surface area contributed by atoms with Crippen LogP contribution in [0.3, 0.4) is 0 Å². The largest absolute Gasteiger partial charge is 0.335 e. The lowest BCUT2D eigenvalue weighted by Crippen LogP contribution is -2.47. The molecule has 3 aliphatic rings. The molecule has 25 heavy (non-hydrogen) atoms. The maximum Gasteiger partial charge on any atom is 0.229 e. The molecule has 6 nitrogen and oxygen atoms in total. The van der Waals surface area contributed by atoms with Crippen molar-refractivity contribution in [3.8, 4) is 0 Å². The third-order valence-electron chi connectivity index (χ3n) is 5.50. The second-order valence-corrected chi connectivity index (χ2v) is 7.20. The van der Waals surface area contributed by atoms with Gasteiger partial charge in [0.15, 0.2) is 0 Å². The Morgan fingerprint density at radius 3 is 2.64 bits per heavy atom. The number of nitrogens with zero attached hydrogens (tertiary/aromatic N) is 4. The van der Waals surface area contributed by atoms with Crippen molar-refractivity contribution in [2.45, 2.75) is 44.9 Å². The Kier molecular flexibility index (Phi) is 4.09. The van der Waals surface area contributed by atoms with Gasteiger partial charge in [-0.15, -0.1) is 0 Å². The van der Waals surface area contributed by atoms with Gasteiger partial charge in [-0.1, -0.05) is 12.2 Å². The summed E-state index contributed by atoms with van der Waals surface area (Å²) >= 11 is 0. The standard InChI is InChI=1S/C18H23FN4O2/c1-12-17-20-15(10-16(24)21-4-2-3-5-21)11-22(17)6-7-23(12)18(25)13-8-14(19)9-13/h2-3,11-14H,4-10H2,1H3/t12-,13?,14?/m0/s1. The van der Waals surface area contributed by atoms with Gasteiger partial charge < -0.3 is 14.4 Å². The Labute approximate surface area is 146 Å². The summed E-state index contributed by atoms with van der Waals surface area (Å²) in [6, 6.07) is -0.141. The Morgan fingerprint density at radius 2 is 1.96 bits per heavy atom. The van der Waals surface area contributed by atoms with Gasteiger partial charge in [-0.3, -0.25) is 9.59 Å². The van der Waals surface area contributed by atoms with E-state index in [0.29, 0.717) is 39.0 Å². The summed E-state index contributed by atoms with van der Waals surface area (Å²) in [5.74, 6) is 0.752. The van der Waals surface area contributed by atoms with Crippen molar-refractivity contribution >= 4 is 11.8 Å². The number of alkyl halides is 1. The zero-order chi connectivity index (χ0) is 17.6. The molecule has 0 N–H and O–H groups in total. The first kappa shape index (κ1) is 16.3. The molecular weight excluding hydrogens is 323 g/mol. The Hall–Kier alpha value is -2.18. The van der Waals surface area contributed by atoms with Gasteiger partial charge in [0.2, 0.25) is 11.8 Å². The molecule has 2 aliphatic heterocycles. The number of amides is 2. The van der Waals surface area contributed by atoms with Crippen molar-refractivity contribution in [2.24, 2.45) is 5.92 Å². The van der Waals surface area contributed by atoms with Gasteiger partial charge >= 0.3 is 0 Å². The van der Waals surface area contributed by atoms with Crippen LogP contribution < -0.4 is 0 Å². The summed E-state index contributed by atoms with van der Waals surface area (Å²) in [6.45, 7) is 4.57. The van der Waals surface area contributed by atoms with Crippen molar-refractivity contribution in [3.63, 3.8) is 0 Å². The van der Waals surface area contributed by atoms with E-state index in [4.69, 9.17) is 0 Å². The summed E-state index contributed by atoms with van der Waals surface area (Å²) in [5.41, 5.74) is 0.750. The maximum atomic E-state index is 13.1. The van der Waals surface area contributed by atoms with E-state index < -0.39 is 6.17 Å². The van der Waals surface area contributed by atoms with E-state index in [1.165, 1.54) is 0 Å². The average Bonchev–Trinajstić information content (AvgIpc) is 3.21. The lowest BCUT2D eigenvalue weighted by Gasteiger charge is -2.39. The first-order chi connectivity index (χ1) is 12.0. The molecule has 1 saturated carbocycles. The predicted octanol–water partition coefficient (Wildman–Crippen LogP) is 1.48. The number of aromatic nitrogens is 2. The molecule has 7 heteroatoms. The highest BCUT2D eigenvalue weighted by Crippen LogP contribution is 2.35. The topological polar surface area (TPSA) is 58.4 Å². The number of hydrogen-bond acceptors (Lipinski definition) is 3. The van der Waals surface area contributed by atoms with E-state index in [2.05, 4.69) is 4.98 Å². The van der Waals surface area contributed by atoms with Crippen LogP contribution in [-0.4, -0.2) is 57.0 Å². The van der Waals surface area contributed by atoms with Gasteiger partial charge in [-0.05, 0) is 19.8 Å². The van der Waals surface area contributed by atoms with Crippen LogP contribution in [0.4, 0.5) is 4.39 Å². The minimum absolute atomic E-state index is 0.0383. The van der Waals surface area contributed by atoms with Gasteiger partial charge in [0.05, 0.1) is 18.2 Å². The number of hydrogen-bond donors (Lipinski definition) is 0. The highest BCUT2D eigenvalue weighted by molar-refractivity contribution is 5.80. The van der Waals surface area contributed by atoms with Gasteiger partial charge in [0.25, 0.3) is 0 Å². The van der Waals surface area contributed by atoms with Crippen LogP contribution in [0, 0.1) is 5.92 Å². The number of imidazole rings is 1. The van der Waals surface area contributed by atoms with Crippen LogP contribution in [0.5, 0.6) is 0 Å². The van der Waals surface area contributed by atoms with Gasteiger partial charge in [-0.25, -0.2) is 9.37 Å². The summed E-state index contributed by atoms with van der Waals surface area (Å²) < 4.78 is 15.1. The molecule has 1 aliphatic carbocycles. The minimum atomic E-state index is -0.825. The molecule has 4 rings (SSSR count). The van der Waals surface area contributed by atoms with E-state index in [1.54, 1.807) is 4.90 Å². The third kappa shape index (κ3) is 2.96. The number of carbonyl (C=O) groups excluding carboxylic acids is 2. The van der Waals surface area contributed by atoms with Crippen LogP contribution in [0.25, 0.3) is 0 Å². The molecule has 2 amide bonds. The van der Waals surface area contributed by atoms with E-state index in [9.17, 15) is 14.0 Å². The SMILES string of the molecule is C[C@H]1c2nc(CC(=O)N3CC=CC3)cn2CCN1C(=O)C1CC(F)C1. The monoisotopic (exact) mass is 346 g/mol. The van der Waals surface area contributed by atoms with Gasteiger partial charge in [0.1, 0.15) is 12.0 Å². The molecule has 0 unspecified atom stereocenters. The van der Waals surface area contributed by atoms with Crippen LogP contribution in [0.2, 0.25) is 0 Å². The van der Waals surface area contributed by atoms with Crippen LogP contribution >= 0.6 is 0 Å². The number of rotatable bonds is 3. The fourth-order valence-corrected chi connectivity index (χ4v) is 3.87. The molecule has 0 bridgehead atoms. The smallest absolute Gasteiger partial charge is 0.229 e. The number of halogens is 1. The first-order valence-corrected chi connectivity index (χ1v) is 8.96. The van der Waals surface area contributed by atoms with Gasteiger partial charge in [-0.2, -0.15) is 0 Å². The Balaban J connectivity index is 1.44. The van der Waals surface area contributed by atoms with Crippen molar-refractivity contribution < 1.29 is 14.0 Å². The minimum Gasteiger partial charge on any atom is -0.335 e. The summed E-state index contributed by atoms with van der Waals surface area (Å²) in [4.78, 5) is 33.1. The fourth-order valence-electron chi connectivity index (χ4n) is 3.87. The molecule has 1 aromatic rings. The number of fused-ring (bicyclic) bond motifs is 1. The van der Waals surface area contributed by atoms with Gasteiger partial charge in [0, 0.05) is 38.3 Å². The van der Waals surface area contributed by atoms with E-state index >= 15 is 0 Å². The van der Waals surface area contributed by atoms with Crippen molar-refractivity contribution in [3.05, 3.63) is 29.9 Å². The molecule has 134 valence electrons. The second kappa shape index (κ2) is 6.28. The fraction of sp³-hybridized carbons (Fsp3) is 0.611. The zero-order valence-corrected chi connectivity index (χ0v) is 14.4. The number of carbonyl (C=O) groups is 2. The molecular formula is C18H23FN4O2. The molecule has 0 radical (unpaired) electrons. The van der Waals surface area contributed by atoms with E-state index in [1.807, 2.05) is 34.7 Å². The van der Waals surface area contributed by atoms with E-state index in [-0.39, 0.29) is 30.2 Å². The first-order valence-electron chi connectivity index (χ1n) is 8.96. The van der Waals surface area contributed by atoms with Crippen molar-refractivity contribution in [2.75, 3.05) is 19.6 Å². The Morgan fingerprint density at radius 1 is 1.24 bits per heavy atom. The van der Waals surface area contributed by atoms with Crippen LogP contribution in [0.1, 0.15) is 37.3 Å². The molecule has 3 heterocycles. The normalized spacial score (nSPS) is 28.0. The highest BCUT2D eigenvalue weighted by Gasteiger charge is 2.40. The molecule has 1 aromatic heterocycles. The zero-order valence-electron chi connectivity index (χ0n) is 14.4. The second-order valence-electron chi connectivity index (χ2n) is 7.20. The predicted molar refractivity (Wildman–Crippen MR) is 89.4 cm³/mol. The molecule has 1 atom stereocenters. The molecule has 1 fully saturated rings. The van der Waals surface area contributed by atoms with Crippen molar-refractivity contribution in [1.82, 2.24) is 19.4 Å².